The van der Waals surface area contributed by atoms with E-state index in [1.165, 1.54) is 12.1 Å². The van der Waals surface area contributed by atoms with Crippen LogP contribution in [0.1, 0.15) is 42.4 Å². The van der Waals surface area contributed by atoms with Crippen LogP contribution >= 0.6 is 0 Å². The smallest absolute Gasteiger partial charge is 0.410 e. The molecule has 0 radical (unpaired) electrons. The first kappa shape index (κ1) is 34.6. The van der Waals surface area contributed by atoms with Crippen LogP contribution in [0.5, 0.6) is 0 Å². The number of amides is 3. The van der Waals surface area contributed by atoms with Crippen molar-refractivity contribution in [2.75, 3.05) is 25.0 Å². The van der Waals surface area contributed by atoms with Crippen LogP contribution in [-0.4, -0.2) is 78.3 Å². The monoisotopic (exact) mass is 676 g/mol. The first-order chi connectivity index (χ1) is 23.0. The predicted octanol–water partition coefficient (Wildman–Crippen LogP) is 3.95. The summed E-state index contributed by atoms with van der Waals surface area (Å²) in [7, 11) is -3.94. The number of rotatable bonds is 11. The third-order valence-corrected chi connectivity index (χ3v) is 10.7. The molecule has 3 amide bonds. The van der Waals surface area contributed by atoms with Crippen molar-refractivity contribution in [1.29, 1.82) is 0 Å². The van der Waals surface area contributed by atoms with Crippen LogP contribution in [0.4, 0.5) is 10.5 Å². The molecule has 3 N–H and O–H groups in total. The SMILES string of the molecule is Cc1ccc(S(=O)(=O)N2CCC[C@H]2C(=O)N[C@@H](Cc2ccc(NC(=O)C3CCN(C(=O)OCc4ccccc4)CC3)cc2)C(=O)O)cc1. The second-order valence-electron chi connectivity index (χ2n) is 12.2. The number of likely N-dealkylation sites (tertiary alicyclic amines) is 1. The first-order valence-electron chi connectivity index (χ1n) is 16.0. The number of sulfonamides is 1. The average molecular weight is 677 g/mol. The fourth-order valence-electron chi connectivity index (χ4n) is 5.94. The molecule has 5 rings (SSSR count). The van der Waals surface area contributed by atoms with Gasteiger partial charge >= 0.3 is 12.1 Å². The van der Waals surface area contributed by atoms with Crippen molar-refractivity contribution in [1.82, 2.24) is 14.5 Å². The molecule has 0 aliphatic carbocycles. The highest BCUT2D eigenvalue weighted by Crippen LogP contribution is 2.27. The van der Waals surface area contributed by atoms with Gasteiger partial charge in [0.15, 0.2) is 0 Å². The van der Waals surface area contributed by atoms with Gasteiger partial charge in [-0.1, -0.05) is 60.2 Å². The average Bonchev–Trinajstić information content (AvgIpc) is 3.60. The van der Waals surface area contributed by atoms with E-state index in [-0.39, 0.29) is 42.7 Å². The number of carboxylic acids is 1. The standard InChI is InChI=1S/C35H40N4O8S/c1-24-9-15-29(16-10-24)48(45,46)39-19-5-8-31(39)33(41)37-30(34(42)43)22-25-11-13-28(14-12-25)36-32(40)27-17-20-38(21-18-27)35(44)47-23-26-6-3-2-4-7-26/h2-4,6-7,9-16,27,30-31H,5,8,17-23H2,1H3,(H,36,40)(H,37,41)(H,42,43)/t30-,31-/m0/s1. The maximum Gasteiger partial charge on any atom is 0.410 e. The van der Waals surface area contributed by atoms with Gasteiger partial charge in [-0.15, -0.1) is 0 Å². The topological polar surface area (TPSA) is 162 Å². The minimum absolute atomic E-state index is 0.0361. The number of ether oxygens (including phenoxy) is 1. The molecular formula is C35H40N4O8S. The molecular weight excluding hydrogens is 636 g/mol. The zero-order chi connectivity index (χ0) is 34.3. The summed E-state index contributed by atoms with van der Waals surface area (Å²) < 4.78 is 33.1. The molecule has 12 nitrogen and oxygen atoms in total. The molecule has 0 spiro atoms. The van der Waals surface area contributed by atoms with Gasteiger partial charge in [0.25, 0.3) is 0 Å². The van der Waals surface area contributed by atoms with E-state index < -0.39 is 40.1 Å². The summed E-state index contributed by atoms with van der Waals surface area (Å²) in [5.41, 5.74) is 2.95. The lowest BCUT2D eigenvalue weighted by molar-refractivity contribution is -0.142. The Morgan fingerprint density at radius 2 is 1.52 bits per heavy atom. The summed E-state index contributed by atoms with van der Waals surface area (Å²) >= 11 is 0. The molecule has 0 saturated carbocycles. The molecule has 0 aromatic heterocycles. The van der Waals surface area contributed by atoms with Crippen LogP contribution < -0.4 is 10.6 Å². The maximum atomic E-state index is 13.3. The fraction of sp³-hybridized carbons (Fsp3) is 0.371. The molecule has 2 fully saturated rings. The van der Waals surface area contributed by atoms with Crippen molar-refractivity contribution in [3.05, 3.63) is 95.6 Å². The summed E-state index contributed by atoms with van der Waals surface area (Å²) in [5, 5.41) is 15.3. The first-order valence-corrected chi connectivity index (χ1v) is 17.4. The summed E-state index contributed by atoms with van der Waals surface area (Å²) in [6, 6.07) is 20.2. The summed E-state index contributed by atoms with van der Waals surface area (Å²) in [5.74, 6) is -2.35. The largest absolute Gasteiger partial charge is 0.480 e. The molecule has 2 saturated heterocycles. The van der Waals surface area contributed by atoms with E-state index in [1.807, 2.05) is 37.3 Å². The number of carbonyl (C=O) groups is 4. The van der Waals surface area contributed by atoms with Crippen LogP contribution in [0.15, 0.2) is 83.8 Å². The van der Waals surface area contributed by atoms with Crippen molar-refractivity contribution < 1.29 is 37.4 Å². The third-order valence-electron chi connectivity index (χ3n) is 8.74. The van der Waals surface area contributed by atoms with E-state index in [4.69, 9.17) is 4.74 Å². The second-order valence-corrected chi connectivity index (χ2v) is 14.1. The number of carbonyl (C=O) groups excluding carboxylic acids is 3. The van der Waals surface area contributed by atoms with Crippen LogP contribution in [0.2, 0.25) is 0 Å². The number of nitrogens with zero attached hydrogens (tertiary/aromatic N) is 2. The maximum absolute atomic E-state index is 13.3. The Kier molecular flexibility index (Phi) is 11.1. The zero-order valence-electron chi connectivity index (χ0n) is 26.7. The Morgan fingerprint density at radius 3 is 2.17 bits per heavy atom. The number of aryl methyl sites for hydroxylation is 1. The van der Waals surface area contributed by atoms with Gasteiger partial charge in [-0.05, 0) is 68.0 Å². The molecule has 3 aromatic carbocycles. The Balaban J connectivity index is 1.10. The fourth-order valence-corrected chi connectivity index (χ4v) is 7.60. The second kappa shape index (κ2) is 15.4. The molecule has 13 heteroatoms. The number of aliphatic carboxylic acids is 1. The Labute approximate surface area is 280 Å². The van der Waals surface area contributed by atoms with Crippen molar-refractivity contribution in [2.45, 2.75) is 62.6 Å². The van der Waals surface area contributed by atoms with Gasteiger partial charge in [-0.3, -0.25) is 9.59 Å². The van der Waals surface area contributed by atoms with Gasteiger partial charge in [0, 0.05) is 37.7 Å². The van der Waals surface area contributed by atoms with E-state index in [2.05, 4.69) is 10.6 Å². The molecule has 0 unspecified atom stereocenters. The quantitative estimate of drug-likeness (QED) is 0.275. The van der Waals surface area contributed by atoms with Gasteiger partial charge in [-0.25, -0.2) is 18.0 Å². The zero-order valence-corrected chi connectivity index (χ0v) is 27.5. The minimum Gasteiger partial charge on any atom is -0.480 e. The highest BCUT2D eigenvalue weighted by atomic mass is 32.2. The molecule has 2 heterocycles. The number of benzene rings is 3. The molecule has 254 valence electrons. The van der Waals surface area contributed by atoms with E-state index in [0.29, 0.717) is 43.6 Å². The Hall–Kier alpha value is -4.75. The Bertz CT molecular complexity index is 1710. The van der Waals surface area contributed by atoms with Gasteiger partial charge < -0.3 is 25.4 Å². The number of hydrogen-bond donors (Lipinski definition) is 3. The third kappa shape index (κ3) is 8.58. The van der Waals surface area contributed by atoms with Crippen LogP contribution in [0.25, 0.3) is 0 Å². The number of anilines is 1. The van der Waals surface area contributed by atoms with Crippen molar-refractivity contribution in [3.8, 4) is 0 Å². The lowest BCUT2D eigenvalue weighted by atomic mass is 9.96. The van der Waals surface area contributed by atoms with E-state index in [9.17, 15) is 32.7 Å². The van der Waals surface area contributed by atoms with Gasteiger partial charge in [0.05, 0.1) is 4.90 Å². The van der Waals surface area contributed by atoms with E-state index >= 15 is 0 Å². The van der Waals surface area contributed by atoms with Crippen molar-refractivity contribution in [3.63, 3.8) is 0 Å². The van der Waals surface area contributed by atoms with Gasteiger partial charge in [0.2, 0.25) is 21.8 Å². The molecule has 48 heavy (non-hydrogen) atoms. The molecule has 3 aromatic rings. The number of piperidine rings is 1. The number of hydrogen-bond acceptors (Lipinski definition) is 7. The summed E-state index contributed by atoms with van der Waals surface area (Å²) in [4.78, 5) is 52.4. The van der Waals surface area contributed by atoms with Crippen LogP contribution in [0, 0.1) is 12.8 Å². The lowest BCUT2D eigenvalue weighted by Crippen LogP contribution is -2.51. The van der Waals surface area contributed by atoms with Crippen molar-refractivity contribution in [2.24, 2.45) is 5.92 Å². The minimum atomic E-state index is -3.94. The lowest BCUT2D eigenvalue weighted by Gasteiger charge is -2.30. The highest BCUT2D eigenvalue weighted by molar-refractivity contribution is 7.89. The predicted molar refractivity (Wildman–Crippen MR) is 177 cm³/mol. The molecule has 2 aliphatic rings. The van der Waals surface area contributed by atoms with Gasteiger partial charge in [0.1, 0.15) is 18.7 Å². The Morgan fingerprint density at radius 1 is 0.854 bits per heavy atom. The van der Waals surface area contributed by atoms with Crippen molar-refractivity contribution >= 4 is 39.6 Å². The van der Waals surface area contributed by atoms with Crippen LogP contribution in [0.3, 0.4) is 0 Å². The van der Waals surface area contributed by atoms with Crippen LogP contribution in [-0.2, 0) is 42.2 Å². The number of carboxylic acid groups (broad SMARTS) is 1. The highest BCUT2D eigenvalue weighted by Gasteiger charge is 2.40. The van der Waals surface area contributed by atoms with Gasteiger partial charge in [-0.2, -0.15) is 4.31 Å². The summed E-state index contributed by atoms with van der Waals surface area (Å²) in [6.07, 6.45) is 1.32. The summed E-state index contributed by atoms with van der Waals surface area (Å²) in [6.45, 7) is 3.01. The molecule has 2 aliphatic heterocycles. The normalized spacial score (nSPS) is 17.8. The number of nitrogens with one attached hydrogen (secondary N) is 2. The van der Waals surface area contributed by atoms with E-state index in [0.717, 1.165) is 15.4 Å². The van der Waals surface area contributed by atoms with E-state index in [1.54, 1.807) is 41.3 Å². The molecule has 0 bridgehead atoms. The molecule has 2 atom stereocenters.